The molecule has 1 aliphatic carbocycles. The number of aromatic nitrogens is 2. The van der Waals surface area contributed by atoms with E-state index >= 15 is 0 Å². The molecule has 3 N–H and O–H groups in total. The highest BCUT2D eigenvalue weighted by molar-refractivity contribution is 5.22. The lowest BCUT2D eigenvalue weighted by molar-refractivity contribution is 0.382. The Morgan fingerprint density at radius 2 is 1.94 bits per heavy atom. The number of nitrogens with two attached hydrogens (primary N) is 1. The normalized spacial score (nSPS) is 15.7. The molecule has 0 spiro atoms. The number of aryl methyl sites for hydroxylation is 1. The molecule has 1 heterocycles. The first-order chi connectivity index (χ1) is 8.10. The van der Waals surface area contributed by atoms with Gasteiger partial charge >= 0.3 is 0 Å². The quantitative estimate of drug-likeness (QED) is 0.836. The molecular formula is C13H21N3O. The van der Waals surface area contributed by atoms with Crippen LogP contribution in [0, 0.1) is 0 Å². The highest BCUT2D eigenvalue weighted by atomic mass is 16.1. The lowest BCUT2D eigenvalue weighted by Crippen LogP contribution is -2.40. The number of fused-ring (bicyclic) bond motifs is 1. The van der Waals surface area contributed by atoms with E-state index in [1.165, 1.54) is 0 Å². The Kier molecular flexibility index (Phi) is 3.33. The van der Waals surface area contributed by atoms with Crippen LogP contribution in [-0.4, -0.2) is 9.97 Å². The second-order valence-corrected chi connectivity index (χ2v) is 4.91. The van der Waals surface area contributed by atoms with E-state index in [1.807, 2.05) is 13.8 Å². The van der Waals surface area contributed by atoms with Gasteiger partial charge in [0.15, 0.2) is 0 Å². The zero-order valence-corrected chi connectivity index (χ0v) is 10.7. The Morgan fingerprint density at radius 1 is 1.29 bits per heavy atom. The third-order valence-electron chi connectivity index (χ3n) is 3.92. The number of rotatable bonds is 3. The summed E-state index contributed by atoms with van der Waals surface area (Å²) in [6.45, 7) is 4.06. The Hall–Kier alpha value is -1.16. The lowest BCUT2D eigenvalue weighted by Gasteiger charge is -2.27. The van der Waals surface area contributed by atoms with Crippen molar-refractivity contribution in [2.24, 2.45) is 5.73 Å². The van der Waals surface area contributed by atoms with Gasteiger partial charge in [0.1, 0.15) is 5.82 Å². The Labute approximate surface area is 102 Å². The molecule has 0 aliphatic heterocycles. The van der Waals surface area contributed by atoms with E-state index in [4.69, 9.17) is 5.73 Å². The predicted octanol–water partition coefficient (Wildman–Crippen LogP) is 1.62. The minimum absolute atomic E-state index is 0.0152. The Morgan fingerprint density at radius 3 is 2.59 bits per heavy atom. The molecule has 0 bridgehead atoms. The van der Waals surface area contributed by atoms with Gasteiger partial charge < -0.3 is 10.7 Å². The second-order valence-electron chi connectivity index (χ2n) is 4.91. The van der Waals surface area contributed by atoms with E-state index in [2.05, 4.69) is 9.97 Å². The van der Waals surface area contributed by atoms with Gasteiger partial charge in [-0.1, -0.05) is 13.8 Å². The van der Waals surface area contributed by atoms with Crippen molar-refractivity contribution >= 4 is 0 Å². The summed E-state index contributed by atoms with van der Waals surface area (Å²) < 4.78 is 0. The van der Waals surface area contributed by atoms with Crippen molar-refractivity contribution in [2.75, 3.05) is 0 Å². The van der Waals surface area contributed by atoms with Crippen LogP contribution >= 0.6 is 0 Å². The number of hydrogen-bond acceptors (Lipinski definition) is 3. The first-order valence-corrected chi connectivity index (χ1v) is 6.52. The molecule has 0 saturated carbocycles. The molecule has 0 amide bonds. The molecule has 0 fully saturated rings. The molecule has 0 aromatic carbocycles. The monoisotopic (exact) mass is 235 g/mol. The molecule has 2 rings (SSSR count). The first-order valence-electron chi connectivity index (χ1n) is 6.52. The molecule has 0 radical (unpaired) electrons. The largest absolute Gasteiger partial charge is 0.319 e. The number of hydrogen-bond donors (Lipinski definition) is 2. The standard InChI is InChI=1S/C13H21N3O/c1-3-13(14,4-2)12-15-10-8-6-5-7-9(10)11(17)16-12/h3-8,14H2,1-2H3,(H,15,16,17). The molecule has 0 saturated heterocycles. The molecule has 4 nitrogen and oxygen atoms in total. The van der Waals surface area contributed by atoms with Gasteiger partial charge in [0.25, 0.3) is 5.56 Å². The minimum atomic E-state index is -0.494. The van der Waals surface area contributed by atoms with Gasteiger partial charge in [0.2, 0.25) is 0 Å². The molecule has 1 aliphatic rings. The molecule has 0 unspecified atom stereocenters. The Bertz CT molecular complexity index is 460. The lowest BCUT2D eigenvalue weighted by atomic mass is 9.91. The molecule has 0 atom stereocenters. The summed E-state index contributed by atoms with van der Waals surface area (Å²) in [6, 6.07) is 0. The average molecular weight is 235 g/mol. The fourth-order valence-corrected chi connectivity index (χ4v) is 2.42. The fourth-order valence-electron chi connectivity index (χ4n) is 2.42. The van der Waals surface area contributed by atoms with Crippen LogP contribution in [0.3, 0.4) is 0 Å². The van der Waals surface area contributed by atoms with E-state index in [0.717, 1.165) is 49.8 Å². The molecule has 1 aromatic heterocycles. The molecule has 17 heavy (non-hydrogen) atoms. The van der Waals surface area contributed by atoms with Gasteiger partial charge in [0, 0.05) is 5.56 Å². The summed E-state index contributed by atoms with van der Waals surface area (Å²) in [5, 5.41) is 0. The molecule has 1 aromatic rings. The van der Waals surface area contributed by atoms with Crippen LogP contribution < -0.4 is 11.3 Å². The summed E-state index contributed by atoms with van der Waals surface area (Å²) in [7, 11) is 0. The van der Waals surface area contributed by atoms with Crippen molar-refractivity contribution in [1.82, 2.24) is 9.97 Å². The minimum Gasteiger partial charge on any atom is -0.319 e. The van der Waals surface area contributed by atoms with E-state index < -0.39 is 5.54 Å². The van der Waals surface area contributed by atoms with Crippen LogP contribution in [0.2, 0.25) is 0 Å². The third-order valence-corrected chi connectivity index (χ3v) is 3.92. The summed E-state index contributed by atoms with van der Waals surface area (Å²) in [5.74, 6) is 0.660. The number of nitrogens with one attached hydrogen (secondary N) is 1. The van der Waals surface area contributed by atoms with Crippen molar-refractivity contribution in [3.05, 3.63) is 27.4 Å². The van der Waals surface area contributed by atoms with Crippen LogP contribution in [0.4, 0.5) is 0 Å². The van der Waals surface area contributed by atoms with Crippen LogP contribution in [0.1, 0.15) is 56.6 Å². The molecule has 4 heteroatoms. The summed E-state index contributed by atoms with van der Waals surface area (Å²) >= 11 is 0. The Balaban J connectivity index is 2.51. The zero-order chi connectivity index (χ0) is 12.5. The van der Waals surface area contributed by atoms with Gasteiger partial charge in [-0.05, 0) is 38.5 Å². The van der Waals surface area contributed by atoms with Crippen molar-refractivity contribution < 1.29 is 0 Å². The van der Waals surface area contributed by atoms with Gasteiger partial charge in [-0.15, -0.1) is 0 Å². The number of aromatic amines is 1. The average Bonchev–Trinajstić information content (AvgIpc) is 2.38. The van der Waals surface area contributed by atoms with Crippen molar-refractivity contribution in [1.29, 1.82) is 0 Å². The van der Waals surface area contributed by atoms with Gasteiger partial charge in [-0.25, -0.2) is 4.98 Å². The predicted molar refractivity (Wildman–Crippen MR) is 67.9 cm³/mol. The van der Waals surface area contributed by atoms with Crippen molar-refractivity contribution in [3.63, 3.8) is 0 Å². The maximum absolute atomic E-state index is 12.0. The third kappa shape index (κ3) is 2.14. The topological polar surface area (TPSA) is 71.8 Å². The van der Waals surface area contributed by atoms with E-state index in [-0.39, 0.29) is 5.56 Å². The second kappa shape index (κ2) is 4.61. The summed E-state index contributed by atoms with van der Waals surface area (Å²) in [4.78, 5) is 19.5. The summed E-state index contributed by atoms with van der Waals surface area (Å²) in [5.41, 5.74) is 7.64. The number of nitrogens with zero attached hydrogens (tertiary/aromatic N) is 1. The van der Waals surface area contributed by atoms with Gasteiger partial charge in [0.05, 0.1) is 11.2 Å². The zero-order valence-electron chi connectivity index (χ0n) is 10.7. The highest BCUT2D eigenvalue weighted by Gasteiger charge is 2.27. The van der Waals surface area contributed by atoms with E-state index in [1.54, 1.807) is 0 Å². The van der Waals surface area contributed by atoms with Crippen LogP contribution in [0.25, 0.3) is 0 Å². The van der Waals surface area contributed by atoms with Crippen LogP contribution in [0.15, 0.2) is 4.79 Å². The van der Waals surface area contributed by atoms with Gasteiger partial charge in [-0.3, -0.25) is 4.79 Å². The summed E-state index contributed by atoms with van der Waals surface area (Å²) in [6.07, 6.45) is 5.55. The van der Waals surface area contributed by atoms with Crippen molar-refractivity contribution in [3.8, 4) is 0 Å². The van der Waals surface area contributed by atoms with E-state index in [9.17, 15) is 4.79 Å². The molecule has 94 valence electrons. The van der Waals surface area contributed by atoms with Crippen molar-refractivity contribution in [2.45, 2.75) is 57.9 Å². The number of H-pyrrole nitrogens is 1. The van der Waals surface area contributed by atoms with Gasteiger partial charge in [-0.2, -0.15) is 0 Å². The van der Waals surface area contributed by atoms with E-state index in [0.29, 0.717) is 5.82 Å². The SMILES string of the molecule is CCC(N)(CC)c1nc2c(c(=O)[nH]1)CCCC2. The van der Waals surface area contributed by atoms with Crippen LogP contribution in [-0.2, 0) is 18.4 Å². The smallest absolute Gasteiger partial charge is 0.254 e. The maximum Gasteiger partial charge on any atom is 0.254 e. The van der Waals surface area contributed by atoms with Crippen LogP contribution in [0.5, 0.6) is 0 Å². The fraction of sp³-hybridized carbons (Fsp3) is 0.692. The first kappa shape index (κ1) is 12.3. The maximum atomic E-state index is 12.0. The molecular weight excluding hydrogens is 214 g/mol. The highest BCUT2D eigenvalue weighted by Crippen LogP contribution is 2.24.